The molecule has 2 radical (unpaired) electrons. The molecule has 2 fully saturated rings. The van der Waals surface area contributed by atoms with Gasteiger partial charge in [0, 0.05) is 39.3 Å². The van der Waals surface area contributed by atoms with Crippen LogP contribution in [-0.2, 0) is 35.7 Å². The Bertz CT molecular complexity index is 2400. The number of unbranched alkanes of at least 4 members (excludes halogenated alkanes) is 6. The molecule has 2 unspecified atom stereocenters. The molecule has 2 aliphatic rings. The van der Waals surface area contributed by atoms with E-state index >= 15 is 0 Å². The van der Waals surface area contributed by atoms with Crippen molar-refractivity contribution < 1.29 is 19.1 Å². The summed E-state index contributed by atoms with van der Waals surface area (Å²) in [5.74, 6) is 0.960. The molecule has 2 aliphatic heterocycles. The molecule has 0 bridgehead atoms. The maximum Gasteiger partial charge on any atom is 0.407 e. The van der Waals surface area contributed by atoms with Crippen molar-refractivity contribution in [3.8, 4) is 0 Å². The Balaban J connectivity index is 1.15. The topological polar surface area (TPSA) is 83.1 Å². The van der Waals surface area contributed by atoms with E-state index in [1.807, 2.05) is 41.5 Å². The Morgan fingerprint density at radius 3 is 1.18 bits per heavy atom. The number of alkyl carbamates (subject to hydrolysis) is 2. The van der Waals surface area contributed by atoms with E-state index in [4.69, 9.17) is 9.47 Å². The number of rotatable bonds is 24. The molecule has 7 rings (SSSR count). The van der Waals surface area contributed by atoms with Gasteiger partial charge in [-0.05, 0) is 171 Å². The Hall–Kier alpha value is -4.79. The lowest BCUT2D eigenvalue weighted by atomic mass is 9.47. The lowest BCUT2D eigenvalue weighted by Crippen LogP contribution is -2.33. The van der Waals surface area contributed by atoms with Crippen LogP contribution in [0.15, 0.2) is 97.1 Å². The third kappa shape index (κ3) is 18.1. The van der Waals surface area contributed by atoms with Gasteiger partial charge in [-0.15, -0.1) is 0 Å². The molecule has 2 atom stereocenters. The highest BCUT2D eigenvalue weighted by atomic mass is 16.6. The fourth-order valence-electron chi connectivity index (χ4n) is 11.7. The largest absolute Gasteiger partial charge is 0.444 e. The summed E-state index contributed by atoms with van der Waals surface area (Å²) in [5, 5.41) is 11.3. The second kappa shape index (κ2) is 27.2. The summed E-state index contributed by atoms with van der Waals surface area (Å²) in [5.41, 5.74) is 8.42. The van der Waals surface area contributed by atoms with Crippen LogP contribution in [-0.4, -0.2) is 73.9 Å². The number of fused-ring (bicyclic) bond motifs is 2. The molecule has 408 valence electrons. The van der Waals surface area contributed by atoms with E-state index in [1.54, 1.807) is 0 Å². The lowest BCUT2D eigenvalue weighted by molar-refractivity contribution is 0.0515. The van der Waals surface area contributed by atoms with Crippen molar-refractivity contribution in [2.24, 2.45) is 10.8 Å². The predicted molar refractivity (Wildman–Crippen MR) is 321 cm³/mol. The zero-order chi connectivity index (χ0) is 54.4. The number of carbonyl (C=O) groups excluding carboxylic acids is 2. The number of amides is 2. The zero-order valence-electron chi connectivity index (χ0n) is 48.6. The van der Waals surface area contributed by atoms with Crippen LogP contribution in [0.25, 0.3) is 21.5 Å². The molecule has 0 aromatic heterocycles. The number of nitrogens with one attached hydrogen (secondary N) is 2. The Morgan fingerprint density at radius 1 is 0.500 bits per heavy atom. The number of nitrogens with zero attached hydrogens (tertiary/aromatic N) is 2. The summed E-state index contributed by atoms with van der Waals surface area (Å²) in [6.07, 6.45) is 14.8. The average Bonchev–Trinajstić information content (AvgIpc) is 3.38. The number of benzene rings is 5. The average molecular weight is 1030 g/mol. The normalized spacial score (nSPS) is 17.6. The van der Waals surface area contributed by atoms with E-state index in [0.717, 1.165) is 103 Å². The van der Waals surface area contributed by atoms with Gasteiger partial charge >= 0.3 is 12.2 Å². The third-order valence-corrected chi connectivity index (χ3v) is 15.9. The van der Waals surface area contributed by atoms with Crippen LogP contribution in [0.1, 0.15) is 191 Å². The molecule has 8 nitrogen and oxygen atoms in total. The molecule has 2 heterocycles. The van der Waals surface area contributed by atoms with Crippen LogP contribution in [0.2, 0.25) is 12.6 Å². The van der Waals surface area contributed by atoms with Crippen LogP contribution < -0.4 is 10.6 Å². The standard InChI is InChI=1S/C66H94B2N4O4/c1-63(2,3)75-61(73)69-39-23-11-13-25-41-71(43-49-27-15-17-29-51(49)59-35-37-65(7,8)47-67-59)45-57-53-31-19-21-33-55(53)58(56-34-22-20-32-54(56)57)46-72(42-26-14-12-24-40-70-62(74)76-64(4,5)6)44-50-28-16-18-30-52(50)60-36-38-66(9,10)48-68-60/h15-22,27-34,59-60H,11-14,23-26,35-48H2,1-10H3,(H,69,73)(H,70,74). The molecule has 0 aliphatic carbocycles. The first-order valence-corrected chi connectivity index (χ1v) is 29.3. The molecule has 0 spiro atoms. The van der Waals surface area contributed by atoms with Crippen molar-refractivity contribution in [2.75, 3.05) is 26.2 Å². The molecule has 76 heavy (non-hydrogen) atoms. The summed E-state index contributed by atoms with van der Waals surface area (Å²) >= 11 is 0. The van der Waals surface area contributed by atoms with E-state index in [-0.39, 0.29) is 12.2 Å². The highest BCUT2D eigenvalue weighted by molar-refractivity contribution is 6.38. The summed E-state index contributed by atoms with van der Waals surface area (Å²) in [6.45, 7) is 27.8. The van der Waals surface area contributed by atoms with Crippen molar-refractivity contribution >= 4 is 48.3 Å². The lowest BCUT2D eigenvalue weighted by Gasteiger charge is -2.35. The summed E-state index contributed by atoms with van der Waals surface area (Å²) in [6, 6.07) is 37.0. The van der Waals surface area contributed by atoms with Crippen LogP contribution in [0.3, 0.4) is 0 Å². The van der Waals surface area contributed by atoms with Gasteiger partial charge in [0.2, 0.25) is 0 Å². The number of hydrogen-bond donors (Lipinski definition) is 2. The van der Waals surface area contributed by atoms with Crippen molar-refractivity contribution in [3.05, 3.63) is 130 Å². The second-order valence-corrected chi connectivity index (χ2v) is 26.1. The van der Waals surface area contributed by atoms with E-state index < -0.39 is 11.2 Å². The van der Waals surface area contributed by atoms with Crippen LogP contribution >= 0.6 is 0 Å². The monoisotopic (exact) mass is 1030 g/mol. The fourth-order valence-corrected chi connectivity index (χ4v) is 11.7. The van der Waals surface area contributed by atoms with Crippen molar-refractivity contribution in [1.82, 2.24) is 20.4 Å². The first-order valence-electron chi connectivity index (χ1n) is 29.3. The Kier molecular flexibility index (Phi) is 21.1. The zero-order valence-corrected chi connectivity index (χ0v) is 48.6. The minimum atomic E-state index is -0.501. The molecule has 5 aromatic carbocycles. The molecule has 10 heteroatoms. The number of ether oxygens (including phenoxy) is 2. The van der Waals surface area contributed by atoms with E-state index in [9.17, 15) is 9.59 Å². The predicted octanol–water partition coefficient (Wildman–Crippen LogP) is 16.1. The van der Waals surface area contributed by atoms with Gasteiger partial charge < -0.3 is 20.1 Å². The molecular weight excluding hydrogens is 934 g/mol. The molecule has 2 N–H and O–H groups in total. The quantitative estimate of drug-likeness (QED) is 0.0364. The van der Waals surface area contributed by atoms with Crippen LogP contribution in [0.5, 0.6) is 0 Å². The number of hydrogen-bond acceptors (Lipinski definition) is 6. The van der Waals surface area contributed by atoms with E-state index in [1.165, 1.54) is 80.6 Å². The van der Waals surface area contributed by atoms with E-state index in [0.29, 0.717) is 35.6 Å². The van der Waals surface area contributed by atoms with Gasteiger partial charge in [-0.3, -0.25) is 9.80 Å². The van der Waals surface area contributed by atoms with Crippen molar-refractivity contribution in [3.63, 3.8) is 0 Å². The second-order valence-electron chi connectivity index (χ2n) is 26.1. The molecule has 2 saturated heterocycles. The summed E-state index contributed by atoms with van der Waals surface area (Å²) < 4.78 is 11.0. The van der Waals surface area contributed by atoms with Crippen LogP contribution in [0.4, 0.5) is 9.59 Å². The third-order valence-electron chi connectivity index (χ3n) is 15.9. The maximum atomic E-state index is 12.3. The SMILES string of the molecule is CC1(C)C[B]C(c2ccccc2CN(CCCCCCNC(=O)OC(C)(C)C)Cc2c3ccccc3c(CN(CCCCCCNC(=O)OC(C)(C)C)Cc3ccccc3C3[B]CC(C)(C)CC3)c3ccccc23)CC1. The van der Waals surface area contributed by atoms with Gasteiger partial charge in [-0.1, -0.05) is 176 Å². The molecule has 2 amide bonds. The molecule has 5 aromatic rings. The van der Waals surface area contributed by atoms with Gasteiger partial charge in [0.15, 0.2) is 0 Å². The first kappa shape index (κ1) is 58.9. The Labute approximate surface area is 461 Å². The van der Waals surface area contributed by atoms with Crippen molar-refractivity contribution in [2.45, 2.75) is 208 Å². The van der Waals surface area contributed by atoms with Crippen LogP contribution in [0, 0.1) is 10.8 Å². The summed E-state index contributed by atoms with van der Waals surface area (Å²) in [7, 11) is 5.20. The maximum absolute atomic E-state index is 12.3. The summed E-state index contributed by atoms with van der Waals surface area (Å²) in [4.78, 5) is 30.1. The highest BCUT2D eigenvalue weighted by Gasteiger charge is 2.31. The first-order chi connectivity index (χ1) is 36.2. The smallest absolute Gasteiger partial charge is 0.407 e. The van der Waals surface area contributed by atoms with Gasteiger partial charge in [-0.2, -0.15) is 0 Å². The number of carbonyl (C=O) groups is 2. The van der Waals surface area contributed by atoms with E-state index in [2.05, 4.69) is 160 Å². The van der Waals surface area contributed by atoms with Gasteiger partial charge in [0.1, 0.15) is 25.8 Å². The van der Waals surface area contributed by atoms with Gasteiger partial charge in [0.25, 0.3) is 0 Å². The molecule has 0 saturated carbocycles. The fraction of sp³-hybridized carbons (Fsp3) is 0.576. The van der Waals surface area contributed by atoms with Gasteiger partial charge in [-0.25, -0.2) is 9.59 Å². The minimum absolute atomic E-state index is 0.337. The minimum Gasteiger partial charge on any atom is -0.444 e. The van der Waals surface area contributed by atoms with Crippen molar-refractivity contribution in [1.29, 1.82) is 0 Å². The highest BCUT2D eigenvalue weighted by Crippen LogP contribution is 2.42. The molecular formula is C66H94B2N4O4. The van der Waals surface area contributed by atoms with Gasteiger partial charge in [0.05, 0.1) is 0 Å². The Morgan fingerprint density at radius 2 is 0.842 bits per heavy atom.